The van der Waals surface area contributed by atoms with Crippen LogP contribution in [0.5, 0.6) is 5.75 Å². The maximum Gasteiger partial charge on any atom is 0.119 e. The largest absolute Gasteiger partial charge is 0.491 e. The van der Waals surface area contributed by atoms with E-state index < -0.39 is 6.10 Å². The van der Waals surface area contributed by atoms with Gasteiger partial charge >= 0.3 is 0 Å². The first-order valence-corrected chi connectivity index (χ1v) is 10.8. The number of β-amino-alcohol motifs (C(OH)–C–C–N with tert-alkyl or cyclic N) is 1. The van der Waals surface area contributed by atoms with Crippen LogP contribution in [-0.4, -0.2) is 60.6 Å². The minimum atomic E-state index is -0.488. The molecule has 0 radical (unpaired) electrons. The normalized spacial score (nSPS) is 19.3. The molecule has 156 valence electrons. The van der Waals surface area contributed by atoms with Crippen LogP contribution in [-0.2, 0) is 24.2 Å². The van der Waals surface area contributed by atoms with E-state index in [0.717, 1.165) is 57.8 Å². The highest BCUT2D eigenvalue weighted by Crippen LogP contribution is 2.17. The molecule has 1 saturated heterocycles. The third-order valence-corrected chi connectivity index (χ3v) is 5.78. The first-order valence-electron chi connectivity index (χ1n) is 10.8. The summed E-state index contributed by atoms with van der Waals surface area (Å²) in [6.45, 7) is 5.56. The quantitative estimate of drug-likeness (QED) is 0.779. The summed E-state index contributed by atoms with van der Waals surface area (Å²) in [5, 5.41) is 12.5. The summed E-state index contributed by atoms with van der Waals surface area (Å²) < 4.78 is 5.83. The number of aliphatic hydroxyl groups is 1. The van der Waals surface area contributed by atoms with E-state index in [2.05, 4.69) is 41.3 Å². The van der Waals surface area contributed by atoms with Gasteiger partial charge in [-0.15, -0.1) is 0 Å². The van der Waals surface area contributed by atoms with E-state index in [4.69, 9.17) is 9.57 Å². The van der Waals surface area contributed by atoms with Crippen molar-refractivity contribution < 1.29 is 14.7 Å². The molecule has 1 fully saturated rings. The molecule has 5 heteroatoms. The summed E-state index contributed by atoms with van der Waals surface area (Å²) in [7, 11) is 0. The molecule has 29 heavy (non-hydrogen) atoms. The number of nitrogens with zero attached hydrogens (tertiary/aromatic N) is 2. The molecule has 2 aliphatic heterocycles. The Morgan fingerprint density at radius 1 is 0.931 bits per heavy atom. The Labute approximate surface area is 173 Å². The Kier molecular flexibility index (Phi) is 7.17. The van der Waals surface area contributed by atoms with Crippen molar-refractivity contribution >= 4 is 0 Å². The van der Waals surface area contributed by atoms with Crippen LogP contribution in [0.15, 0.2) is 48.5 Å². The van der Waals surface area contributed by atoms with Gasteiger partial charge in [-0.25, -0.2) is 0 Å². The van der Waals surface area contributed by atoms with Crippen molar-refractivity contribution in [2.24, 2.45) is 0 Å². The van der Waals surface area contributed by atoms with Gasteiger partial charge in [0.2, 0.25) is 0 Å². The van der Waals surface area contributed by atoms with Gasteiger partial charge in [-0.05, 0) is 54.5 Å². The van der Waals surface area contributed by atoms with Gasteiger partial charge in [-0.3, -0.25) is 9.74 Å². The van der Waals surface area contributed by atoms with E-state index >= 15 is 0 Å². The van der Waals surface area contributed by atoms with Crippen LogP contribution < -0.4 is 4.74 Å². The van der Waals surface area contributed by atoms with Crippen LogP contribution in [0, 0.1) is 0 Å². The van der Waals surface area contributed by atoms with Gasteiger partial charge in [0, 0.05) is 32.7 Å². The van der Waals surface area contributed by atoms with Crippen LogP contribution in [0.4, 0.5) is 0 Å². The molecule has 5 nitrogen and oxygen atoms in total. The maximum atomic E-state index is 10.5. The highest BCUT2D eigenvalue weighted by Gasteiger charge is 2.17. The summed E-state index contributed by atoms with van der Waals surface area (Å²) in [6, 6.07) is 16.8. The van der Waals surface area contributed by atoms with Gasteiger partial charge in [-0.1, -0.05) is 36.4 Å². The number of fused-ring (bicyclic) bond motifs is 1. The molecule has 4 rings (SSSR count). The second-order valence-corrected chi connectivity index (χ2v) is 8.08. The molecule has 2 aliphatic rings. The Hall–Kier alpha value is -1.92. The lowest BCUT2D eigenvalue weighted by atomic mass is 10.0. The Balaban J connectivity index is 1.20. The first-order chi connectivity index (χ1) is 14.3. The topological polar surface area (TPSA) is 45.2 Å². The molecule has 2 aromatic carbocycles. The van der Waals surface area contributed by atoms with Gasteiger partial charge in [0.1, 0.15) is 18.5 Å². The van der Waals surface area contributed by atoms with Crippen molar-refractivity contribution in [2.45, 2.75) is 38.3 Å². The molecule has 0 aliphatic carbocycles. The predicted molar refractivity (Wildman–Crippen MR) is 114 cm³/mol. The summed E-state index contributed by atoms with van der Waals surface area (Å²) in [5.74, 6) is 0.802. The van der Waals surface area contributed by atoms with Crippen molar-refractivity contribution in [3.05, 3.63) is 65.2 Å². The van der Waals surface area contributed by atoms with Crippen molar-refractivity contribution in [1.82, 2.24) is 9.96 Å². The Bertz CT molecular complexity index is 732. The molecule has 0 spiro atoms. The van der Waals surface area contributed by atoms with Crippen molar-refractivity contribution in [2.75, 3.05) is 39.4 Å². The number of benzene rings is 2. The number of hydrogen-bond acceptors (Lipinski definition) is 5. The lowest BCUT2D eigenvalue weighted by molar-refractivity contribution is -0.187. The van der Waals surface area contributed by atoms with E-state index in [0.29, 0.717) is 13.2 Å². The summed E-state index contributed by atoms with van der Waals surface area (Å²) >= 11 is 0. The van der Waals surface area contributed by atoms with Gasteiger partial charge < -0.3 is 9.84 Å². The van der Waals surface area contributed by atoms with E-state index in [-0.39, 0.29) is 0 Å². The maximum absolute atomic E-state index is 10.5. The zero-order chi connectivity index (χ0) is 19.9. The van der Waals surface area contributed by atoms with Crippen molar-refractivity contribution in [3.63, 3.8) is 0 Å². The summed E-state index contributed by atoms with van der Waals surface area (Å²) in [6.07, 6.45) is 3.95. The molecule has 0 bridgehead atoms. The van der Waals surface area contributed by atoms with E-state index in [1.165, 1.54) is 23.1 Å². The Morgan fingerprint density at radius 3 is 2.31 bits per heavy atom. The lowest BCUT2D eigenvalue weighted by Crippen LogP contribution is -2.37. The minimum absolute atomic E-state index is 0.317. The monoisotopic (exact) mass is 396 g/mol. The zero-order valence-corrected chi connectivity index (χ0v) is 17.1. The van der Waals surface area contributed by atoms with E-state index in [9.17, 15) is 5.11 Å². The number of rotatable bonds is 7. The summed E-state index contributed by atoms with van der Waals surface area (Å²) in [5.41, 5.74) is 4.09. The summed E-state index contributed by atoms with van der Waals surface area (Å²) in [4.78, 5) is 8.00. The van der Waals surface area contributed by atoms with E-state index in [1.54, 1.807) is 0 Å². The molecule has 1 atom stereocenters. The van der Waals surface area contributed by atoms with Crippen LogP contribution >= 0.6 is 0 Å². The fourth-order valence-electron chi connectivity index (χ4n) is 4.11. The third kappa shape index (κ3) is 6.03. The van der Waals surface area contributed by atoms with Gasteiger partial charge in [0.05, 0.1) is 6.61 Å². The zero-order valence-electron chi connectivity index (χ0n) is 17.1. The molecule has 2 heterocycles. The minimum Gasteiger partial charge on any atom is -0.491 e. The lowest BCUT2D eigenvalue weighted by Gasteiger charge is -2.26. The smallest absolute Gasteiger partial charge is 0.119 e. The molecule has 1 unspecified atom stereocenters. The number of ether oxygens (including phenoxy) is 1. The van der Waals surface area contributed by atoms with Gasteiger partial charge in [0.25, 0.3) is 0 Å². The highest BCUT2D eigenvalue weighted by molar-refractivity contribution is 5.29. The van der Waals surface area contributed by atoms with Crippen LogP contribution in [0.1, 0.15) is 29.5 Å². The molecular formula is C24H32N2O3. The van der Waals surface area contributed by atoms with E-state index in [1.807, 2.05) is 17.2 Å². The third-order valence-electron chi connectivity index (χ3n) is 5.78. The molecular weight excluding hydrogens is 364 g/mol. The second kappa shape index (κ2) is 10.2. The molecule has 0 aromatic heterocycles. The highest BCUT2D eigenvalue weighted by atomic mass is 16.7. The number of hydroxylamine groups is 2. The van der Waals surface area contributed by atoms with Gasteiger partial charge in [-0.2, -0.15) is 5.06 Å². The van der Waals surface area contributed by atoms with Crippen molar-refractivity contribution in [3.8, 4) is 5.75 Å². The molecule has 2 aromatic rings. The average Bonchev–Trinajstić information content (AvgIpc) is 2.97. The first kappa shape index (κ1) is 20.4. The number of hydrogen-bond donors (Lipinski definition) is 1. The SMILES string of the molecule is OC(COc1ccc(CN2CCCCO2)cc1)CN1CCc2ccccc2CC1. The van der Waals surface area contributed by atoms with Crippen LogP contribution in [0.25, 0.3) is 0 Å². The number of aliphatic hydroxyl groups excluding tert-OH is 1. The fraction of sp³-hybridized carbons (Fsp3) is 0.500. The van der Waals surface area contributed by atoms with Gasteiger partial charge in [0.15, 0.2) is 0 Å². The van der Waals surface area contributed by atoms with Crippen LogP contribution in [0.3, 0.4) is 0 Å². The second-order valence-electron chi connectivity index (χ2n) is 8.08. The Morgan fingerprint density at radius 2 is 1.66 bits per heavy atom. The van der Waals surface area contributed by atoms with Crippen LogP contribution in [0.2, 0.25) is 0 Å². The molecule has 0 amide bonds. The molecule has 0 saturated carbocycles. The fourth-order valence-corrected chi connectivity index (χ4v) is 4.11. The van der Waals surface area contributed by atoms with Crippen molar-refractivity contribution in [1.29, 1.82) is 0 Å². The molecule has 1 N–H and O–H groups in total. The average molecular weight is 397 g/mol. The standard InChI is InChI=1S/C24H32N2O3/c27-23(18-25-14-11-21-5-1-2-6-22(21)12-15-25)19-28-24-9-7-20(8-10-24)17-26-13-3-4-16-29-26/h1-2,5-10,23,27H,3-4,11-19H2. The predicted octanol–water partition coefficient (Wildman–Crippen LogP) is 3.05.